The molecule has 2 aromatic rings. The van der Waals surface area contributed by atoms with Gasteiger partial charge in [0.25, 0.3) is 5.91 Å². The maximum atomic E-state index is 14.4. The average molecular weight is 600 g/mol. The highest BCUT2D eigenvalue weighted by molar-refractivity contribution is 8.04. The van der Waals surface area contributed by atoms with E-state index in [1.54, 1.807) is 35.2 Å². The van der Waals surface area contributed by atoms with Crippen molar-refractivity contribution in [2.24, 2.45) is 5.92 Å². The second-order valence-electron chi connectivity index (χ2n) is 10.5. The van der Waals surface area contributed by atoms with Crippen molar-refractivity contribution in [3.05, 3.63) is 77.4 Å². The Labute approximate surface area is 244 Å². The predicted octanol–water partition coefficient (Wildman–Crippen LogP) is 4.19. The quantitative estimate of drug-likeness (QED) is 0.431. The molecular formula is C29H28F3N5O4S. The molecule has 3 saturated heterocycles. The molecule has 3 N–H and O–H groups in total. The van der Waals surface area contributed by atoms with Crippen LogP contribution in [0.1, 0.15) is 18.4 Å². The molecule has 220 valence electrons. The van der Waals surface area contributed by atoms with Gasteiger partial charge < -0.3 is 25.6 Å². The zero-order chi connectivity index (χ0) is 29.6. The molecule has 6 rings (SSSR count). The molecule has 0 aromatic heterocycles. The predicted molar refractivity (Wildman–Crippen MR) is 151 cm³/mol. The van der Waals surface area contributed by atoms with Gasteiger partial charge in [0, 0.05) is 30.7 Å². The number of piperidine rings is 1. The van der Waals surface area contributed by atoms with Gasteiger partial charge in [0.2, 0.25) is 5.91 Å². The summed E-state index contributed by atoms with van der Waals surface area (Å²) in [5, 5.41) is 8.74. The zero-order valence-corrected chi connectivity index (χ0v) is 23.1. The van der Waals surface area contributed by atoms with E-state index < -0.39 is 29.7 Å². The van der Waals surface area contributed by atoms with Gasteiger partial charge in [-0.1, -0.05) is 36.5 Å². The number of hydrogen-bond donors (Lipinski definition) is 3. The summed E-state index contributed by atoms with van der Waals surface area (Å²) >= 11 is 1.26. The molecule has 0 radical (unpaired) electrons. The van der Waals surface area contributed by atoms with E-state index in [1.807, 2.05) is 0 Å². The van der Waals surface area contributed by atoms with Crippen molar-refractivity contribution < 1.29 is 32.3 Å². The first kappa shape index (κ1) is 28.2. The third-order valence-corrected chi connectivity index (χ3v) is 9.22. The number of nitrogens with one attached hydrogen (secondary N) is 3. The van der Waals surface area contributed by atoms with Crippen LogP contribution < -0.4 is 25.6 Å². The van der Waals surface area contributed by atoms with E-state index in [0.29, 0.717) is 48.8 Å². The Hall–Kier alpha value is -3.97. The van der Waals surface area contributed by atoms with Gasteiger partial charge in [-0.3, -0.25) is 14.5 Å². The third kappa shape index (κ3) is 5.22. The van der Waals surface area contributed by atoms with Crippen LogP contribution in [0.4, 0.5) is 23.7 Å². The molecule has 3 fully saturated rings. The lowest BCUT2D eigenvalue weighted by atomic mass is 9.86. The number of urea groups is 1. The van der Waals surface area contributed by atoms with E-state index in [-0.39, 0.29) is 34.7 Å². The van der Waals surface area contributed by atoms with Crippen LogP contribution in [0.3, 0.4) is 0 Å². The van der Waals surface area contributed by atoms with Crippen LogP contribution in [-0.4, -0.2) is 59.8 Å². The monoisotopic (exact) mass is 599 g/mol. The summed E-state index contributed by atoms with van der Waals surface area (Å²) in [6, 6.07) is 10.5. The minimum absolute atomic E-state index is 0.00545. The lowest BCUT2D eigenvalue weighted by Crippen LogP contribution is -2.62. The molecule has 4 aliphatic heterocycles. The molecule has 3 unspecified atom stereocenters. The van der Waals surface area contributed by atoms with Crippen molar-refractivity contribution in [2.75, 3.05) is 24.5 Å². The summed E-state index contributed by atoms with van der Waals surface area (Å²) in [4.78, 5) is 41.9. The topological polar surface area (TPSA) is 103 Å². The number of amides is 4. The van der Waals surface area contributed by atoms with Crippen molar-refractivity contribution in [3.63, 3.8) is 0 Å². The number of halogens is 3. The zero-order valence-electron chi connectivity index (χ0n) is 22.3. The number of para-hydroxylation sites is 1. The average Bonchev–Trinajstić information content (AvgIpc) is 3.59. The van der Waals surface area contributed by atoms with Gasteiger partial charge >= 0.3 is 12.2 Å². The van der Waals surface area contributed by atoms with E-state index in [0.717, 1.165) is 6.07 Å². The van der Waals surface area contributed by atoms with Crippen LogP contribution in [0.25, 0.3) is 0 Å². The highest BCUT2D eigenvalue weighted by Gasteiger charge is 2.53. The van der Waals surface area contributed by atoms with Gasteiger partial charge in [-0.25, -0.2) is 4.79 Å². The Morgan fingerprint density at radius 2 is 1.90 bits per heavy atom. The molecule has 4 amide bonds. The van der Waals surface area contributed by atoms with Gasteiger partial charge in [0.15, 0.2) is 0 Å². The Morgan fingerprint density at radius 1 is 1.12 bits per heavy atom. The number of nitrogens with zero attached hydrogens (tertiary/aromatic N) is 2. The van der Waals surface area contributed by atoms with Gasteiger partial charge in [0.1, 0.15) is 11.5 Å². The van der Waals surface area contributed by atoms with Crippen LogP contribution in [0.5, 0.6) is 11.5 Å². The number of hydrogen-bond acceptors (Lipinski definition) is 6. The number of alkyl halides is 3. The van der Waals surface area contributed by atoms with Crippen LogP contribution in [0.2, 0.25) is 0 Å². The second-order valence-corrected chi connectivity index (χ2v) is 11.6. The smallest absolute Gasteiger partial charge is 0.418 e. The standard InChI is InChI=1S/C29H28F3N5O4S/c1-2-22(38)36-13-11-16(15-36)34-26(39)25-24-23-21(10-12-33-27(23)42-25)37(28(40)35-24)20-9-8-18(14-19(20)29(30,31)32)41-17-6-4-3-5-7-17/h2-9,14,16,21,23,27,33H,1,10-13,15H2,(H,34,39)(H,35,40)/t16-,21?,23?,27?/m1/s1. The van der Waals surface area contributed by atoms with Crippen molar-refractivity contribution in [1.82, 2.24) is 20.9 Å². The van der Waals surface area contributed by atoms with Crippen molar-refractivity contribution in [1.29, 1.82) is 0 Å². The number of benzene rings is 2. The molecule has 42 heavy (non-hydrogen) atoms. The lowest BCUT2D eigenvalue weighted by molar-refractivity contribution is -0.137. The normalized spacial score (nSPS) is 25.2. The number of ether oxygens (including phenoxy) is 1. The van der Waals surface area contributed by atoms with E-state index >= 15 is 0 Å². The molecule has 4 heterocycles. The van der Waals surface area contributed by atoms with E-state index in [4.69, 9.17) is 4.74 Å². The van der Waals surface area contributed by atoms with Crippen molar-refractivity contribution in [2.45, 2.75) is 36.5 Å². The van der Waals surface area contributed by atoms with Gasteiger partial charge in [-0.05, 0) is 55.8 Å². The maximum absolute atomic E-state index is 14.4. The Bertz CT molecular complexity index is 1470. The highest BCUT2D eigenvalue weighted by atomic mass is 32.2. The maximum Gasteiger partial charge on any atom is 0.418 e. The van der Waals surface area contributed by atoms with E-state index in [1.165, 1.54) is 34.9 Å². The minimum Gasteiger partial charge on any atom is -0.457 e. The number of carbonyl (C=O) groups excluding carboxylic acids is 3. The van der Waals surface area contributed by atoms with Crippen LogP contribution in [0, 0.1) is 5.92 Å². The second kappa shape index (κ2) is 11.0. The number of likely N-dealkylation sites (tertiary alicyclic amines) is 1. The molecule has 4 aliphatic rings. The molecular weight excluding hydrogens is 571 g/mol. The molecule has 13 heteroatoms. The summed E-state index contributed by atoms with van der Waals surface area (Å²) < 4.78 is 48.8. The number of carbonyl (C=O) groups is 3. The fourth-order valence-electron chi connectivity index (χ4n) is 6.00. The third-order valence-electron chi connectivity index (χ3n) is 7.87. The molecule has 0 bridgehead atoms. The molecule has 2 aromatic carbocycles. The summed E-state index contributed by atoms with van der Waals surface area (Å²) in [6.45, 7) is 4.80. The summed E-state index contributed by atoms with van der Waals surface area (Å²) in [5.74, 6) is -0.633. The Kier molecular flexibility index (Phi) is 7.39. The first-order valence-corrected chi connectivity index (χ1v) is 14.4. The van der Waals surface area contributed by atoms with Crippen LogP contribution >= 0.6 is 11.8 Å². The largest absolute Gasteiger partial charge is 0.457 e. The van der Waals surface area contributed by atoms with E-state index in [9.17, 15) is 27.6 Å². The minimum atomic E-state index is -4.76. The van der Waals surface area contributed by atoms with Crippen molar-refractivity contribution in [3.8, 4) is 11.5 Å². The molecule has 0 saturated carbocycles. The summed E-state index contributed by atoms with van der Waals surface area (Å²) in [6.07, 6.45) is -2.55. The van der Waals surface area contributed by atoms with Crippen LogP contribution in [0.15, 0.2) is 71.8 Å². The number of rotatable bonds is 6. The van der Waals surface area contributed by atoms with Crippen LogP contribution in [-0.2, 0) is 15.8 Å². The first-order valence-electron chi connectivity index (χ1n) is 13.5. The Balaban J connectivity index is 1.28. The highest BCUT2D eigenvalue weighted by Crippen LogP contribution is 2.50. The fourth-order valence-corrected chi connectivity index (χ4v) is 7.40. The molecule has 0 spiro atoms. The summed E-state index contributed by atoms with van der Waals surface area (Å²) in [7, 11) is 0. The lowest BCUT2D eigenvalue weighted by Gasteiger charge is -2.46. The van der Waals surface area contributed by atoms with E-state index in [2.05, 4.69) is 22.5 Å². The number of thioether (sulfide) groups is 1. The Morgan fingerprint density at radius 3 is 2.64 bits per heavy atom. The molecule has 0 aliphatic carbocycles. The van der Waals surface area contributed by atoms with Gasteiger partial charge in [0.05, 0.1) is 27.6 Å². The molecule has 9 nitrogen and oxygen atoms in total. The first-order chi connectivity index (χ1) is 20.1. The SMILES string of the molecule is C=CC(=O)N1CC[C@@H](NC(=O)C2=C3NC(=O)N(c4ccc(Oc5ccccc5)cc4C(F)(F)F)C4CCNC(S2)C34)C1. The number of anilines is 1. The summed E-state index contributed by atoms with van der Waals surface area (Å²) in [5.41, 5.74) is -0.849. The molecule has 4 atom stereocenters. The van der Waals surface area contributed by atoms with Crippen molar-refractivity contribution >= 4 is 35.3 Å². The van der Waals surface area contributed by atoms with Gasteiger partial charge in [-0.15, -0.1) is 0 Å². The van der Waals surface area contributed by atoms with Gasteiger partial charge in [-0.2, -0.15) is 13.2 Å². The fraction of sp³-hybridized carbons (Fsp3) is 0.345.